The van der Waals surface area contributed by atoms with Crippen LogP contribution in [0.4, 0.5) is 5.13 Å². The van der Waals surface area contributed by atoms with Crippen LogP contribution in [0.15, 0.2) is 65.0 Å². The molecule has 0 spiro atoms. The van der Waals surface area contributed by atoms with Gasteiger partial charge in [-0.05, 0) is 17.5 Å². The van der Waals surface area contributed by atoms with Crippen LogP contribution in [-0.2, 0) is 11.3 Å². The summed E-state index contributed by atoms with van der Waals surface area (Å²) < 4.78 is 1.23. The first-order chi connectivity index (χ1) is 13.9. The quantitative estimate of drug-likeness (QED) is 0.649. The summed E-state index contributed by atoms with van der Waals surface area (Å²) in [7, 11) is 1.73. The SMILES string of the molecule is CC(CN(C)C(=O)c1ccc(=O)n(CC(=O)Nc2nccs2)c1)c1ccccc1. The van der Waals surface area contributed by atoms with Crippen molar-refractivity contribution in [3.05, 3.63) is 81.7 Å². The third kappa shape index (κ3) is 5.39. The van der Waals surface area contributed by atoms with Gasteiger partial charge in [-0.3, -0.25) is 14.4 Å². The Morgan fingerprint density at radius 3 is 2.66 bits per heavy atom. The van der Waals surface area contributed by atoms with Gasteiger partial charge in [0.15, 0.2) is 5.13 Å². The monoisotopic (exact) mass is 410 g/mol. The van der Waals surface area contributed by atoms with Gasteiger partial charge in [-0.1, -0.05) is 37.3 Å². The first-order valence-electron chi connectivity index (χ1n) is 9.14. The molecule has 1 aromatic carbocycles. The highest BCUT2D eigenvalue weighted by atomic mass is 32.1. The Balaban J connectivity index is 1.68. The molecule has 3 aromatic rings. The van der Waals surface area contributed by atoms with Gasteiger partial charge in [-0.25, -0.2) is 4.98 Å². The Morgan fingerprint density at radius 1 is 1.21 bits per heavy atom. The zero-order chi connectivity index (χ0) is 20.8. The molecule has 7 nitrogen and oxygen atoms in total. The molecular weight excluding hydrogens is 388 g/mol. The van der Waals surface area contributed by atoms with Crippen LogP contribution in [0.2, 0.25) is 0 Å². The van der Waals surface area contributed by atoms with Crippen LogP contribution < -0.4 is 10.9 Å². The number of nitrogens with zero attached hydrogens (tertiary/aromatic N) is 3. The zero-order valence-corrected chi connectivity index (χ0v) is 17.1. The molecule has 150 valence electrons. The number of pyridine rings is 1. The van der Waals surface area contributed by atoms with Crippen molar-refractivity contribution in [2.75, 3.05) is 18.9 Å². The fourth-order valence-corrected chi connectivity index (χ4v) is 3.53. The molecule has 0 aliphatic rings. The number of amides is 2. The maximum Gasteiger partial charge on any atom is 0.255 e. The Kier molecular flexibility index (Phi) is 6.56. The number of benzene rings is 1. The molecule has 2 amide bonds. The number of hydrogen-bond donors (Lipinski definition) is 1. The molecule has 0 bridgehead atoms. The van der Waals surface area contributed by atoms with Crippen molar-refractivity contribution in [3.63, 3.8) is 0 Å². The molecular formula is C21H22N4O3S. The maximum absolute atomic E-state index is 12.8. The second-order valence-electron chi connectivity index (χ2n) is 6.77. The van der Waals surface area contributed by atoms with E-state index in [4.69, 9.17) is 0 Å². The minimum Gasteiger partial charge on any atom is -0.341 e. The van der Waals surface area contributed by atoms with Gasteiger partial charge in [-0.2, -0.15) is 0 Å². The molecule has 2 aromatic heterocycles. The van der Waals surface area contributed by atoms with E-state index in [1.54, 1.807) is 23.5 Å². The molecule has 0 aliphatic heterocycles. The minimum absolute atomic E-state index is 0.167. The Morgan fingerprint density at radius 2 is 1.97 bits per heavy atom. The summed E-state index contributed by atoms with van der Waals surface area (Å²) in [4.78, 5) is 42.7. The van der Waals surface area contributed by atoms with Gasteiger partial charge in [0.25, 0.3) is 11.5 Å². The van der Waals surface area contributed by atoms with Crippen molar-refractivity contribution < 1.29 is 9.59 Å². The molecule has 2 heterocycles. The molecule has 0 radical (unpaired) electrons. The predicted octanol–water partition coefficient (Wildman–Crippen LogP) is 2.82. The third-order valence-corrected chi connectivity index (χ3v) is 5.17. The highest BCUT2D eigenvalue weighted by molar-refractivity contribution is 7.13. The summed E-state index contributed by atoms with van der Waals surface area (Å²) in [5, 5.41) is 4.83. The maximum atomic E-state index is 12.8. The lowest BCUT2D eigenvalue weighted by Crippen LogP contribution is -2.32. The first-order valence-corrected chi connectivity index (χ1v) is 10.0. The van der Waals surface area contributed by atoms with E-state index in [1.165, 1.54) is 34.2 Å². The fourth-order valence-electron chi connectivity index (χ4n) is 2.98. The van der Waals surface area contributed by atoms with Crippen LogP contribution in [-0.4, -0.2) is 39.9 Å². The van der Waals surface area contributed by atoms with Crippen molar-refractivity contribution in [1.29, 1.82) is 0 Å². The summed E-state index contributed by atoms with van der Waals surface area (Å²) in [6, 6.07) is 12.8. The van der Waals surface area contributed by atoms with Gasteiger partial charge < -0.3 is 14.8 Å². The van der Waals surface area contributed by atoms with Crippen molar-refractivity contribution in [1.82, 2.24) is 14.5 Å². The van der Waals surface area contributed by atoms with E-state index in [-0.39, 0.29) is 29.8 Å². The average Bonchev–Trinajstić information content (AvgIpc) is 3.22. The van der Waals surface area contributed by atoms with E-state index < -0.39 is 0 Å². The predicted molar refractivity (Wildman–Crippen MR) is 113 cm³/mol. The van der Waals surface area contributed by atoms with Crippen LogP contribution in [0.25, 0.3) is 0 Å². The van der Waals surface area contributed by atoms with Gasteiger partial charge in [-0.15, -0.1) is 11.3 Å². The second-order valence-corrected chi connectivity index (χ2v) is 7.66. The molecule has 1 N–H and O–H groups in total. The van der Waals surface area contributed by atoms with Crippen molar-refractivity contribution in [3.8, 4) is 0 Å². The van der Waals surface area contributed by atoms with Gasteiger partial charge in [0.05, 0.1) is 5.56 Å². The highest BCUT2D eigenvalue weighted by Crippen LogP contribution is 2.16. The minimum atomic E-state index is -0.377. The van der Waals surface area contributed by atoms with E-state index in [1.807, 2.05) is 30.3 Å². The van der Waals surface area contributed by atoms with Gasteiger partial charge in [0.1, 0.15) is 6.54 Å². The summed E-state index contributed by atoms with van der Waals surface area (Å²) in [6.45, 7) is 2.40. The Hall–Kier alpha value is -3.26. The summed E-state index contributed by atoms with van der Waals surface area (Å²) >= 11 is 1.29. The summed E-state index contributed by atoms with van der Waals surface area (Å²) in [6.07, 6.45) is 3.01. The fraction of sp³-hybridized carbons (Fsp3) is 0.238. The van der Waals surface area contributed by atoms with E-state index in [0.717, 1.165) is 5.56 Å². The number of anilines is 1. The van der Waals surface area contributed by atoms with Crippen molar-refractivity contribution >= 4 is 28.3 Å². The van der Waals surface area contributed by atoms with Gasteiger partial charge >= 0.3 is 0 Å². The average molecular weight is 410 g/mol. The molecule has 0 saturated carbocycles. The van der Waals surface area contributed by atoms with Gasteiger partial charge in [0, 0.05) is 37.4 Å². The van der Waals surface area contributed by atoms with E-state index >= 15 is 0 Å². The number of thiazole rings is 1. The largest absolute Gasteiger partial charge is 0.341 e. The zero-order valence-electron chi connectivity index (χ0n) is 16.2. The molecule has 0 fully saturated rings. The number of likely N-dealkylation sites (N-methyl/N-ethyl adjacent to an activating group) is 1. The summed E-state index contributed by atoms with van der Waals surface area (Å²) in [5.41, 5.74) is 1.15. The summed E-state index contributed by atoms with van der Waals surface area (Å²) in [5.74, 6) is -0.417. The van der Waals surface area contributed by atoms with Crippen LogP contribution in [0.5, 0.6) is 0 Å². The number of carbonyl (C=O) groups excluding carboxylic acids is 2. The smallest absolute Gasteiger partial charge is 0.255 e. The number of rotatable bonds is 7. The lowest BCUT2D eigenvalue weighted by molar-refractivity contribution is -0.116. The second kappa shape index (κ2) is 9.29. The molecule has 3 rings (SSSR count). The topological polar surface area (TPSA) is 84.3 Å². The van der Waals surface area contributed by atoms with Crippen LogP contribution in [0.3, 0.4) is 0 Å². The third-order valence-electron chi connectivity index (χ3n) is 4.49. The van der Waals surface area contributed by atoms with Crippen LogP contribution in [0, 0.1) is 0 Å². The number of carbonyl (C=O) groups is 2. The van der Waals surface area contributed by atoms with E-state index in [9.17, 15) is 14.4 Å². The number of nitrogens with one attached hydrogen (secondary N) is 1. The van der Waals surface area contributed by atoms with Crippen LogP contribution >= 0.6 is 11.3 Å². The van der Waals surface area contributed by atoms with E-state index in [2.05, 4.69) is 17.2 Å². The standard InChI is InChI=1S/C21H22N4O3S/c1-15(16-6-4-3-5-7-16)12-24(2)20(28)17-8-9-19(27)25(13-17)14-18(26)23-21-22-10-11-29-21/h3-11,13,15H,12,14H2,1-2H3,(H,22,23,26). The Labute approximate surface area is 172 Å². The molecule has 8 heteroatoms. The number of hydrogen-bond acceptors (Lipinski definition) is 5. The number of aromatic nitrogens is 2. The normalized spacial score (nSPS) is 11.7. The Bertz CT molecular complexity index is 1030. The van der Waals surface area contributed by atoms with E-state index in [0.29, 0.717) is 17.2 Å². The van der Waals surface area contributed by atoms with Crippen molar-refractivity contribution in [2.45, 2.75) is 19.4 Å². The molecule has 1 atom stereocenters. The van der Waals surface area contributed by atoms with Crippen LogP contribution in [0.1, 0.15) is 28.8 Å². The first kappa shape index (κ1) is 20.5. The van der Waals surface area contributed by atoms with Gasteiger partial charge in [0.2, 0.25) is 5.91 Å². The molecule has 29 heavy (non-hydrogen) atoms. The highest BCUT2D eigenvalue weighted by Gasteiger charge is 2.17. The molecule has 1 unspecified atom stereocenters. The lowest BCUT2D eigenvalue weighted by Gasteiger charge is -2.22. The molecule has 0 saturated heterocycles. The lowest BCUT2D eigenvalue weighted by atomic mass is 10.0. The molecule has 0 aliphatic carbocycles. The van der Waals surface area contributed by atoms with Crippen molar-refractivity contribution in [2.24, 2.45) is 0 Å².